The molecule has 1 fully saturated rings. The molecule has 2 N–H and O–H groups in total. The highest BCUT2D eigenvalue weighted by Crippen LogP contribution is 2.17. The number of likely N-dealkylation sites (tertiary alicyclic amines) is 1. The maximum absolute atomic E-state index is 12.1. The Morgan fingerprint density at radius 2 is 2.06 bits per heavy atom. The molecule has 94 valence electrons. The molecule has 1 aliphatic rings. The fourth-order valence-corrected chi connectivity index (χ4v) is 2.33. The zero-order valence-electron chi connectivity index (χ0n) is 10.9. The molecule has 0 spiro atoms. The van der Waals surface area contributed by atoms with Gasteiger partial charge in [-0.3, -0.25) is 4.79 Å². The first-order chi connectivity index (χ1) is 7.50. The minimum atomic E-state index is -0.298. The molecule has 3 nitrogen and oxygen atoms in total. The van der Waals surface area contributed by atoms with Gasteiger partial charge >= 0.3 is 0 Å². The number of hydrogen-bond acceptors (Lipinski definition) is 2. The fraction of sp³-hybridized carbons (Fsp3) is 0.923. The molecule has 2 atom stereocenters. The zero-order valence-corrected chi connectivity index (χ0v) is 10.9. The summed E-state index contributed by atoms with van der Waals surface area (Å²) in [4.78, 5) is 14.1. The van der Waals surface area contributed by atoms with Crippen molar-refractivity contribution in [3.63, 3.8) is 0 Å². The van der Waals surface area contributed by atoms with Gasteiger partial charge in [0.25, 0.3) is 0 Å². The maximum atomic E-state index is 12.1. The molecule has 1 saturated heterocycles. The lowest BCUT2D eigenvalue weighted by molar-refractivity contribution is -0.132. The Morgan fingerprint density at radius 1 is 1.38 bits per heavy atom. The Bertz CT molecular complexity index is 228. The van der Waals surface area contributed by atoms with Crippen LogP contribution in [-0.2, 0) is 4.79 Å². The van der Waals surface area contributed by atoms with Crippen molar-refractivity contribution < 1.29 is 4.79 Å². The van der Waals surface area contributed by atoms with Crippen LogP contribution in [0.2, 0.25) is 0 Å². The predicted molar refractivity (Wildman–Crippen MR) is 67.0 cm³/mol. The van der Waals surface area contributed by atoms with Crippen LogP contribution < -0.4 is 5.73 Å². The molecule has 1 heterocycles. The Labute approximate surface area is 99.4 Å². The van der Waals surface area contributed by atoms with Gasteiger partial charge in [-0.05, 0) is 37.5 Å². The molecule has 1 amide bonds. The fourth-order valence-electron chi connectivity index (χ4n) is 2.33. The van der Waals surface area contributed by atoms with Crippen LogP contribution in [0.3, 0.4) is 0 Å². The van der Waals surface area contributed by atoms with Crippen LogP contribution >= 0.6 is 0 Å². The molecule has 0 aromatic heterocycles. The van der Waals surface area contributed by atoms with Gasteiger partial charge in [-0.15, -0.1) is 0 Å². The normalized spacial score (nSPS) is 24.3. The number of rotatable bonds is 3. The van der Waals surface area contributed by atoms with E-state index < -0.39 is 0 Å². The summed E-state index contributed by atoms with van der Waals surface area (Å²) in [5.74, 6) is 1.40. The topological polar surface area (TPSA) is 46.3 Å². The summed E-state index contributed by atoms with van der Waals surface area (Å²) in [6.45, 7) is 8.28. The molecule has 0 aromatic rings. The van der Waals surface area contributed by atoms with E-state index in [0.717, 1.165) is 38.3 Å². The lowest BCUT2D eigenvalue weighted by Crippen LogP contribution is -2.44. The van der Waals surface area contributed by atoms with Crippen LogP contribution in [0.1, 0.15) is 46.5 Å². The molecule has 0 bridgehead atoms. The monoisotopic (exact) mass is 226 g/mol. The lowest BCUT2D eigenvalue weighted by atomic mass is 10.0. The predicted octanol–water partition coefficient (Wildman–Crippen LogP) is 2.01. The molecule has 3 heteroatoms. The minimum absolute atomic E-state index is 0.155. The second kappa shape index (κ2) is 6.24. The molecule has 1 aliphatic heterocycles. The summed E-state index contributed by atoms with van der Waals surface area (Å²) < 4.78 is 0. The van der Waals surface area contributed by atoms with Gasteiger partial charge in [0.15, 0.2) is 0 Å². The van der Waals surface area contributed by atoms with Gasteiger partial charge in [-0.1, -0.05) is 20.8 Å². The van der Waals surface area contributed by atoms with Crippen LogP contribution in [0.4, 0.5) is 0 Å². The van der Waals surface area contributed by atoms with E-state index in [4.69, 9.17) is 5.73 Å². The highest BCUT2D eigenvalue weighted by molar-refractivity contribution is 5.81. The Kier molecular flexibility index (Phi) is 5.26. The van der Waals surface area contributed by atoms with Crippen molar-refractivity contribution >= 4 is 5.91 Å². The number of amides is 1. The summed E-state index contributed by atoms with van der Waals surface area (Å²) in [6, 6.07) is -0.298. The van der Waals surface area contributed by atoms with Crippen molar-refractivity contribution in [1.82, 2.24) is 4.90 Å². The minimum Gasteiger partial charge on any atom is -0.341 e. The van der Waals surface area contributed by atoms with Crippen LogP contribution in [0, 0.1) is 11.8 Å². The average Bonchev–Trinajstić information content (AvgIpc) is 2.41. The van der Waals surface area contributed by atoms with Crippen molar-refractivity contribution in [3.05, 3.63) is 0 Å². The standard InChI is InChI=1S/C13H26N2O/c1-10(2)9-12(14)13(16)15-7-4-5-11(3)6-8-15/h10-12H,4-9,14H2,1-3H3/t11?,12-/m1/s1. The van der Waals surface area contributed by atoms with E-state index in [2.05, 4.69) is 20.8 Å². The van der Waals surface area contributed by atoms with Gasteiger partial charge in [0.2, 0.25) is 5.91 Å². The highest BCUT2D eigenvalue weighted by atomic mass is 16.2. The second-order valence-corrected chi connectivity index (χ2v) is 5.60. The first-order valence-corrected chi connectivity index (χ1v) is 6.55. The van der Waals surface area contributed by atoms with Gasteiger partial charge in [-0.25, -0.2) is 0 Å². The second-order valence-electron chi connectivity index (χ2n) is 5.60. The third-order valence-electron chi connectivity index (χ3n) is 3.37. The molecule has 0 saturated carbocycles. The van der Waals surface area contributed by atoms with E-state index in [1.54, 1.807) is 0 Å². The van der Waals surface area contributed by atoms with E-state index in [1.807, 2.05) is 4.90 Å². The average molecular weight is 226 g/mol. The summed E-state index contributed by atoms with van der Waals surface area (Å²) in [7, 11) is 0. The number of nitrogens with two attached hydrogens (primary N) is 1. The molecule has 1 unspecified atom stereocenters. The van der Waals surface area contributed by atoms with E-state index in [-0.39, 0.29) is 11.9 Å². The zero-order chi connectivity index (χ0) is 12.1. The quantitative estimate of drug-likeness (QED) is 0.800. The molecule has 0 aromatic carbocycles. The SMILES string of the molecule is CC(C)C[C@@H](N)C(=O)N1CCCC(C)CC1. The third kappa shape index (κ3) is 4.12. The smallest absolute Gasteiger partial charge is 0.239 e. The molecular weight excluding hydrogens is 200 g/mol. The van der Waals surface area contributed by atoms with Gasteiger partial charge in [0.1, 0.15) is 0 Å². The van der Waals surface area contributed by atoms with Crippen molar-refractivity contribution in [2.75, 3.05) is 13.1 Å². The van der Waals surface area contributed by atoms with Gasteiger partial charge in [0.05, 0.1) is 6.04 Å². The van der Waals surface area contributed by atoms with Crippen LogP contribution in [0.5, 0.6) is 0 Å². The summed E-state index contributed by atoms with van der Waals surface area (Å²) in [5, 5.41) is 0. The van der Waals surface area contributed by atoms with Crippen molar-refractivity contribution in [3.8, 4) is 0 Å². The number of carbonyl (C=O) groups excluding carboxylic acids is 1. The Balaban J connectivity index is 2.46. The molecule has 0 radical (unpaired) electrons. The van der Waals surface area contributed by atoms with Crippen molar-refractivity contribution in [2.45, 2.75) is 52.5 Å². The van der Waals surface area contributed by atoms with Crippen LogP contribution in [0.15, 0.2) is 0 Å². The van der Waals surface area contributed by atoms with E-state index in [1.165, 1.54) is 6.42 Å². The van der Waals surface area contributed by atoms with E-state index in [9.17, 15) is 4.79 Å². The summed E-state index contributed by atoms with van der Waals surface area (Å²) in [5.41, 5.74) is 5.94. The Hall–Kier alpha value is -0.570. The lowest BCUT2D eigenvalue weighted by Gasteiger charge is -2.24. The van der Waals surface area contributed by atoms with Crippen LogP contribution in [0.25, 0.3) is 0 Å². The first kappa shape index (κ1) is 13.5. The Morgan fingerprint density at radius 3 is 2.69 bits per heavy atom. The molecule has 1 rings (SSSR count). The first-order valence-electron chi connectivity index (χ1n) is 6.55. The number of hydrogen-bond donors (Lipinski definition) is 1. The van der Waals surface area contributed by atoms with E-state index in [0.29, 0.717) is 5.92 Å². The van der Waals surface area contributed by atoms with E-state index >= 15 is 0 Å². The number of carbonyl (C=O) groups is 1. The summed E-state index contributed by atoms with van der Waals surface area (Å²) >= 11 is 0. The van der Waals surface area contributed by atoms with Crippen LogP contribution in [-0.4, -0.2) is 29.9 Å². The highest BCUT2D eigenvalue weighted by Gasteiger charge is 2.23. The van der Waals surface area contributed by atoms with Crippen molar-refractivity contribution in [2.24, 2.45) is 17.6 Å². The molecule has 0 aliphatic carbocycles. The largest absolute Gasteiger partial charge is 0.341 e. The van der Waals surface area contributed by atoms with Gasteiger partial charge in [0, 0.05) is 13.1 Å². The number of nitrogens with zero attached hydrogens (tertiary/aromatic N) is 1. The third-order valence-corrected chi connectivity index (χ3v) is 3.37. The van der Waals surface area contributed by atoms with Crippen molar-refractivity contribution in [1.29, 1.82) is 0 Å². The van der Waals surface area contributed by atoms with Gasteiger partial charge in [-0.2, -0.15) is 0 Å². The maximum Gasteiger partial charge on any atom is 0.239 e. The molecule has 16 heavy (non-hydrogen) atoms. The molecular formula is C13H26N2O. The van der Waals surface area contributed by atoms with Gasteiger partial charge < -0.3 is 10.6 Å². The summed E-state index contributed by atoms with van der Waals surface area (Å²) in [6.07, 6.45) is 4.29.